The Hall–Kier alpha value is -2.21. The largest absolute Gasteiger partial charge is 0.394 e. The van der Waals surface area contributed by atoms with Crippen molar-refractivity contribution in [2.24, 2.45) is 11.5 Å². The first-order valence-corrected chi connectivity index (χ1v) is 9.10. The molecule has 0 aliphatic rings. The van der Waals surface area contributed by atoms with E-state index in [0.717, 1.165) is 17.5 Å². The Kier molecular flexibility index (Phi) is 8.28. The van der Waals surface area contributed by atoms with Gasteiger partial charge in [-0.1, -0.05) is 60.7 Å². The molecule has 0 heterocycles. The Balaban J connectivity index is 2.15. The highest BCUT2D eigenvalue weighted by Crippen LogP contribution is 2.15. The summed E-state index contributed by atoms with van der Waals surface area (Å²) in [5, 5.41) is 9.85. The minimum atomic E-state index is -0.645. The molecule has 5 heteroatoms. The maximum atomic E-state index is 13.1. The summed E-state index contributed by atoms with van der Waals surface area (Å²) in [6, 6.07) is 18.6. The fourth-order valence-corrected chi connectivity index (χ4v) is 3.03. The maximum absolute atomic E-state index is 13.1. The molecular formula is C21H29N3O2. The molecule has 26 heavy (non-hydrogen) atoms. The number of rotatable bonds is 10. The van der Waals surface area contributed by atoms with E-state index in [1.54, 1.807) is 4.90 Å². The molecule has 0 radical (unpaired) electrons. The lowest BCUT2D eigenvalue weighted by Crippen LogP contribution is -2.50. The van der Waals surface area contributed by atoms with E-state index in [4.69, 9.17) is 11.5 Å². The van der Waals surface area contributed by atoms with Crippen LogP contribution in [0.1, 0.15) is 24.0 Å². The number of hydrogen-bond acceptors (Lipinski definition) is 4. The molecule has 2 atom stereocenters. The second-order valence-corrected chi connectivity index (χ2v) is 6.52. The van der Waals surface area contributed by atoms with Crippen molar-refractivity contribution in [3.05, 3.63) is 71.8 Å². The molecule has 0 aliphatic carbocycles. The van der Waals surface area contributed by atoms with Crippen molar-refractivity contribution in [1.29, 1.82) is 0 Å². The number of carbonyl (C=O) groups excluding carboxylic acids is 1. The molecule has 0 saturated carbocycles. The molecule has 5 nitrogen and oxygen atoms in total. The van der Waals surface area contributed by atoms with Gasteiger partial charge in [-0.2, -0.15) is 0 Å². The zero-order chi connectivity index (χ0) is 18.8. The third kappa shape index (κ3) is 5.95. The van der Waals surface area contributed by atoms with Crippen LogP contribution >= 0.6 is 0 Å². The third-order valence-corrected chi connectivity index (χ3v) is 4.49. The quantitative estimate of drug-likeness (QED) is 0.605. The summed E-state index contributed by atoms with van der Waals surface area (Å²) in [5.41, 5.74) is 13.9. The predicted molar refractivity (Wildman–Crippen MR) is 104 cm³/mol. The first-order valence-electron chi connectivity index (χ1n) is 9.10. The lowest BCUT2D eigenvalue weighted by molar-refractivity contribution is -0.136. The number of nitrogens with zero attached hydrogens (tertiary/aromatic N) is 1. The van der Waals surface area contributed by atoms with Gasteiger partial charge in [-0.25, -0.2) is 0 Å². The van der Waals surface area contributed by atoms with Gasteiger partial charge in [0, 0.05) is 6.54 Å². The van der Waals surface area contributed by atoms with Crippen molar-refractivity contribution in [1.82, 2.24) is 4.90 Å². The average Bonchev–Trinajstić information content (AvgIpc) is 2.68. The van der Waals surface area contributed by atoms with Crippen LogP contribution in [0, 0.1) is 0 Å². The monoisotopic (exact) mass is 355 g/mol. The second-order valence-electron chi connectivity index (χ2n) is 6.52. The molecule has 0 fully saturated rings. The van der Waals surface area contributed by atoms with Gasteiger partial charge in [-0.15, -0.1) is 0 Å². The standard InChI is InChI=1S/C21H29N3O2/c22-13-7-12-19(16-25)24(15-18-10-5-2-6-11-18)21(26)20(23)14-17-8-3-1-4-9-17/h1-6,8-11,19-20,25H,7,12-16,22-23H2. The van der Waals surface area contributed by atoms with Crippen LogP contribution in [0.4, 0.5) is 0 Å². The molecule has 140 valence electrons. The molecule has 1 amide bonds. The Morgan fingerprint density at radius 1 is 1.00 bits per heavy atom. The lowest BCUT2D eigenvalue weighted by atomic mass is 10.0. The Bertz CT molecular complexity index is 649. The predicted octanol–water partition coefficient (Wildman–Crippen LogP) is 1.69. The van der Waals surface area contributed by atoms with Gasteiger partial charge < -0.3 is 21.5 Å². The molecule has 2 aromatic carbocycles. The van der Waals surface area contributed by atoms with Gasteiger partial charge in [0.25, 0.3) is 0 Å². The number of aliphatic hydroxyl groups excluding tert-OH is 1. The van der Waals surface area contributed by atoms with Crippen molar-refractivity contribution >= 4 is 5.91 Å². The van der Waals surface area contributed by atoms with Gasteiger partial charge in [-0.05, 0) is 36.9 Å². The Morgan fingerprint density at radius 2 is 1.58 bits per heavy atom. The maximum Gasteiger partial charge on any atom is 0.240 e. The average molecular weight is 355 g/mol. The molecule has 0 spiro atoms. The molecular weight excluding hydrogens is 326 g/mol. The van der Waals surface area contributed by atoms with Crippen LogP contribution in [0.2, 0.25) is 0 Å². The normalized spacial score (nSPS) is 13.2. The van der Waals surface area contributed by atoms with Gasteiger partial charge >= 0.3 is 0 Å². The third-order valence-electron chi connectivity index (χ3n) is 4.49. The summed E-state index contributed by atoms with van der Waals surface area (Å²) in [5.74, 6) is -0.145. The van der Waals surface area contributed by atoms with Crippen molar-refractivity contribution in [3.63, 3.8) is 0 Å². The van der Waals surface area contributed by atoms with E-state index < -0.39 is 6.04 Å². The van der Waals surface area contributed by atoms with Gasteiger partial charge in [0.15, 0.2) is 0 Å². The SMILES string of the molecule is NCCCC(CO)N(Cc1ccccc1)C(=O)C(N)Cc1ccccc1. The summed E-state index contributed by atoms with van der Waals surface area (Å²) < 4.78 is 0. The summed E-state index contributed by atoms with van der Waals surface area (Å²) in [6.45, 7) is 0.856. The fraction of sp³-hybridized carbons (Fsp3) is 0.381. The molecule has 0 aromatic heterocycles. The number of benzene rings is 2. The second kappa shape index (κ2) is 10.7. The van der Waals surface area contributed by atoms with E-state index in [-0.39, 0.29) is 18.6 Å². The molecule has 5 N–H and O–H groups in total. The first-order chi connectivity index (χ1) is 12.7. The summed E-state index contributed by atoms with van der Waals surface area (Å²) in [6.07, 6.45) is 1.88. The first kappa shape index (κ1) is 20.1. The van der Waals surface area contributed by atoms with Crippen LogP contribution in [-0.4, -0.2) is 41.1 Å². The van der Waals surface area contributed by atoms with Crippen molar-refractivity contribution in [3.8, 4) is 0 Å². The van der Waals surface area contributed by atoms with Gasteiger partial charge in [0.1, 0.15) is 0 Å². The molecule has 0 bridgehead atoms. The molecule has 2 aromatic rings. The van der Waals surface area contributed by atoms with Crippen LogP contribution in [0.5, 0.6) is 0 Å². The Morgan fingerprint density at radius 3 is 2.12 bits per heavy atom. The highest BCUT2D eigenvalue weighted by atomic mass is 16.3. The van der Waals surface area contributed by atoms with E-state index in [1.807, 2.05) is 60.7 Å². The zero-order valence-corrected chi connectivity index (χ0v) is 15.1. The molecule has 0 saturated heterocycles. The minimum absolute atomic E-state index is 0.101. The number of aliphatic hydroxyl groups is 1. The topological polar surface area (TPSA) is 92.6 Å². The summed E-state index contributed by atoms with van der Waals surface area (Å²) >= 11 is 0. The minimum Gasteiger partial charge on any atom is -0.394 e. The Labute approximate surface area is 155 Å². The summed E-state index contributed by atoms with van der Waals surface area (Å²) in [4.78, 5) is 14.8. The van der Waals surface area contributed by atoms with E-state index in [0.29, 0.717) is 25.9 Å². The number of nitrogens with two attached hydrogens (primary N) is 2. The van der Waals surface area contributed by atoms with Crippen molar-refractivity contribution in [2.45, 2.75) is 37.9 Å². The highest BCUT2D eigenvalue weighted by molar-refractivity contribution is 5.82. The fourth-order valence-electron chi connectivity index (χ4n) is 3.03. The van der Waals surface area contributed by atoms with Gasteiger partial charge in [0.05, 0.1) is 18.7 Å². The zero-order valence-electron chi connectivity index (χ0n) is 15.1. The van der Waals surface area contributed by atoms with Crippen LogP contribution < -0.4 is 11.5 Å². The smallest absolute Gasteiger partial charge is 0.240 e. The van der Waals surface area contributed by atoms with Crippen LogP contribution in [0.3, 0.4) is 0 Å². The molecule has 2 rings (SSSR count). The van der Waals surface area contributed by atoms with Crippen LogP contribution in [0.15, 0.2) is 60.7 Å². The van der Waals surface area contributed by atoms with Crippen LogP contribution in [-0.2, 0) is 17.8 Å². The number of carbonyl (C=O) groups is 1. The van der Waals surface area contributed by atoms with Gasteiger partial charge in [-0.3, -0.25) is 4.79 Å². The highest BCUT2D eigenvalue weighted by Gasteiger charge is 2.27. The van der Waals surface area contributed by atoms with Crippen molar-refractivity contribution < 1.29 is 9.90 Å². The lowest BCUT2D eigenvalue weighted by Gasteiger charge is -2.33. The van der Waals surface area contributed by atoms with E-state index in [9.17, 15) is 9.90 Å². The summed E-state index contributed by atoms with van der Waals surface area (Å²) in [7, 11) is 0. The molecule has 2 unspecified atom stereocenters. The van der Waals surface area contributed by atoms with Gasteiger partial charge in [0.2, 0.25) is 5.91 Å². The molecule has 0 aliphatic heterocycles. The number of amides is 1. The van der Waals surface area contributed by atoms with E-state index in [2.05, 4.69) is 0 Å². The van der Waals surface area contributed by atoms with Crippen molar-refractivity contribution in [2.75, 3.05) is 13.2 Å². The van der Waals surface area contributed by atoms with E-state index in [1.165, 1.54) is 0 Å². The van der Waals surface area contributed by atoms with Crippen LogP contribution in [0.25, 0.3) is 0 Å². The number of hydrogen-bond donors (Lipinski definition) is 3. The van der Waals surface area contributed by atoms with E-state index >= 15 is 0 Å².